The van der Waals surface area contributed by atoms with Crippen molar-refractivity contribution in [2.24, 2.45) is 0 Å². The average Bonchev–Trinajstić information content (AvgIpc) is 2.28. The smallest absolute Gasteiger partial charge is 0.348 e. The largest absolute Gasteiger partial charge is 0.471 e. The Morgan fingerprint density at radius 2 is 1.72 bits per heavy atom. The highest BCUT2D eigenvalue weighted by atomic mass is 19.4. The van der Waals surface area contributed by atoms with Gasteiger partial charge in [-0.25, -0.2) is 0 Å². The SMILES string of the molecule is CC(=O)c1ccc(CCNC(=O)C(F)(F)F)cc1. The lowest BCUT2D eigenvalue weighted by atomic mass is 10.1. The third-order valence-electron chi connectivity index (χ3n) is 2.32. The number of ketones is 1. The van der Waals surface area contributed by atoms with Gasteiger partial charge < -0.3 is 5.32 Å². The molecule has 0 saturated carbocycles. The van der Waals surface area contributed by atoms with Crippen LogP contribution in [0.1, 0.15) is 22.8 Å². The summed E-state index contributed by atoms with van der Waals surface area (Å²) >= 11 is 0. The Morgan fingerprint density at radius 3 is 2.17 bits per heavy atom. The molecule has 0 heterocycles. The molecule has 3 nitrogen and oxygen atoms in total. The minimum atomic E-state index is -4.85. The van der Waals surface area contributed by atoms with E-state index in [9.17, 15) is 22.8 Å². The van der Waals surface area contributed by atoms with Gasteiger partial charge in [0.15, 0.2) is 5.78 Å². The zero-order valence-corrected chi connectivity index (χ0v) is 9.67. The van der Waals surface area contributed by atoms with Crippen molar-refractivity contribution in [2.75, 3.05) is 6.54 Å². The highest BCUT2D eigenvalue weighted by molar-refractivity contribution is 5.94. The molecule has 18 heavy (non-hydrogen) atoms. The molecule has 6 heteroatoms. The molecule has 1 aromatic carbocycles. The van der Waals surface area contributed by atoms with Gasteiger partial charge in [0.1, 0.15) is 0 Å². The summed E-state index contributed by atoms with van der Waals surface area (Å²) in [6.45, 7) is 1.33. The minimum Gasteiger partial charge on any atom is -0.348 e. The quantitative estimate of drug-likeness (QED) is 0.842. The normalized spacial score (nSPS) is 11.1. The summed E-state index contributed by atoms with van der Waals surface area (Å²) in [7, 11) is 0. The summed E-state index contributed by atoms with van der Waals surface area (Å²) in [5, 5.41) is 1.78. The van der Waals surface area contributed by atoms with Crippen LogP contribution in [0.3, 0.4) is 0 Å². The van der Waals surface area contributed by atoms with Crippen molar-refractivity contribution in [3.63, 3.8) is 0 Å². The van der Waals surface area contributed by atoms with Crippen LogP contribution < -0.4 is 5.32 Å². The third-order valence-corrected chi connectivity index (χ3v) is 2.32. The van der Waals surface area contributed by atoms with E-state index >= 15 is 0 Å². The lowest BCUT2D eigenvalue weighted by Crippen LogP contribution is -2.37. The summed E-state index contributed by atoms with van der Waals surface area (Å²) in [4.78, 5) is 21.5. The number of amides is 1. The Kier molecular flexibility index (Phi) is 4.47. The molecular weight excluding hydrogens is 247 g/mol. The second kappa shape index (κ2) is 5.66. The Bertz CT molecular complexity index is 438. The van der Waals surface area contributed by atoms with Crippen molar-refractivity contribution in [3.8, 4) is 0 Å². The van der Waals surface area contributed by atoms with E-state index in [4.69, 9.17) is 0 Å². The van der Waals surface area contributed by atoms with E-state index in [2.05, 4.69) is 0 Å². The summed E-state index contributed by atoms with van der Waals surface area (Å²) in [5.74, 6) is -2.02. The molecule has 0 spiro atoms. The number of rotatable bonds is 4. The van der Waals surface area contributed by atoms with Crippen LogP contribution in [0.5, 0.6) is 0 Å². The summed E-state index contributed by atoms with van der Waals surface area (Å²) < 4.78 is 35.6. The van der Waals surface area contributed by atoms with Gasteiger partial charge in [-0.2, -0.15) is 13.2 Å². The van der Waals surface area contributed by atoms with Gasteiger partial charge in [0.2, 0.25) is 0 Å². The molecule has 98 valence electrons. The van der Waals surface area contributed by atoms with Gasteiger partial charge in [-0.1, -0.05) is 24.3 Å². The first-order chi connectivity index (χ1) is 8.30. The van der Waals surface area contributed by atoms with Gasteiger partial charge in [0, 0.05) is 12.1 Å². The Labute approximate surface area is 102 Å². The van der Waals surface area contributed by atoms with Crippen molar-refractivity contribution >= 4 is 11.7 Å². The van der Waals surface area contributed by atoms with Gasteiger partial charge in [-0.05, 0) is 18.9 Å². The molecule has 1 N–H and O–H groups in total. The number of hydrogen-bond acceptors (Lipinski definition) is 2. The number of carbonyl (C=O) groups excluding carboxylic acids is 2. The molecule has 0 aliphatic heterocycles. The van der Waals surface area contributed by atoms with Crippen LogP contribution in [0.25, 0.3) is 0 Å². The van der Waals surface area contributed by atoms with Crippen LogP contribution in [0.15, 0.2) is 24.3 Å². The monoisotopic (exact) mass is 259 g/mol. The first-order valence-corrected chi connectivity index (χ1v) is 5.25. The van der Waals surface area contributed by atoms with Gasteiger partial charge in [0.25, 0.3) is 0 Å². The molecule has 1 amide bonds. The highest BCUT2D eigenvalue weighted by Crippen LogP contribution is 2.14. The fraction of sp³-hybridized carbons (Fsp3) is 0.333. The Hall–Kier alpha value is -1.85. The zero-order chi connectivity index (χ0) is 13.8. The lowest BCUT2D eigenvalue weighted by molar-refractivity contribution is -0.173. The lowest BCUT2D eigenvalue weighted by Gasteiger charge is -2.07. The minimum absolute atomic E-state index is 0.0769. The number of Topliss-reactive ketones (excluding diaryl/α,β-unsaturated/α-hetero) is 1. The second-order valence-electron chi connectivity index (χ2n) is 3.76. The number of halogens is 3. The molecule has 0 saturated heterocycles. The topological polar surface area (TPSA) is 46.2 Å². The summed E-state index contributed by atoms with van der Waals surface area (Å²) in [5.41, 5.74) is 1.29. The fourth-order valence-corrected chi connectivity index (χ4v) is 1.33. The van der Waals surface area contributed by atoms with Gasteiger partial charge in [-0.3, -0.25) is 9.59 Å². The number of alkyl halides is 3. The van der Waals surface area contributed by atoms with E-state index in [1.165, 1.54) is 6.92 Å². The number of nitrogens with one attached hydrogen (secondary N) is 1. The van der Waals surface area contributed by atoms with Crippen molar-refractivity contribution in [1.82, 2.24) is 5.32 Å². The van der Waals surface area contributed by atoms with E-state index in [0.29, 0.717) is 5.56 Å². The third kappa shape index (κ3) is 4.20. The maximum absolute atomic E-state index is 11.9. The number of hydrogen-bond donors (Lipinski definition) is 1. The van der Waals surface area contributed by atoms with Crippen molar-refractivity contribution in [2.45, 2.75) is 19.5 Å². The molecule has 0 atom stereocenters. The molecule has 0 aliphatic carbocycles. The Balaban J connectivity index is 2.45. The zero-order valence-electron chi connectivity index (χ0n) is 9.67. The van der Waals surface area contributed by atoms with Crippen LogP contribution in [-0.2, 0) is 11.2 Å². The van der Waals surface area contributed by atoms with Crippen LogP contribution in [0, 0.1) is 0 Å². The summed E-state index contributed by atoms with van der Waals surface area (Å²) in [6, 6.07) is 6.50. The van der Waals surface area contributed by atoms with Crippen LogP contribution >= 0.6 is 0 Å². The van der Waals surface area contributed by atoms with E-state index in [1.807, 2.05) is 0 Å². The molecular formula is C12H12F3NO2. The molecule has 1 aromatic rings. The number of benzene rings is 1. The van der Waals surface area contributed by atoms with Crippen LogP contribution in [0.4, 0.5) is 13.2 Å². The summed E-state index contributed by atoms with van der Waals surface area (Å²) in [6.07, 6.45) is -4.57. The average molecular weight is 259 g/mol. The van der Waals surface area contributed by atoms with E-state index in [-0.39, 0.29) is 18.7 Å². The first kappa shape index (κ1) is 14.2. The van der Waals surface area contributed by atoms with Gasteiger partial charge >= 0.3 is 12.1 Å². The van der Waals surface area contributed by atoms with Crippen molar-refractivity contribution < 1.29 is 22.8 Å². The predicted molar refractivity (Wildman–Crippen MR) is 59.2 cm³/mol. The number of carbonyl (C=O) groups is 2. The van der Waals surface area contributed by atoms with Gasteiger partial charge in [-0.15, -0.1) is 0 Å². The van der Waals surface area contributed by atoms with Crippen molar-refractivity contribution in [3.05, 3.63) is 35.4 Å². The van der Waals surface area contributed by atoms with Crippen LogP contribution in [0.2, 0.25) is 0 Å². The standard InChI is InChI=1S/C12H12F3NO2/c1-8(17)10-4-2-9(3-5-10)6-7-16-11(18)12(13,14)15/h2-5H,6-7H2,1H3,(H,16,18). The highest BCUT2D eigenvalue weighted by Gasteiger charge is 2.38. The molecule has 0 fully saturated rings. The molecule has 0 aromatic heterocycles. The maximum atomic E-state index is 11.9. The predicted octanol–water partition coefficient (Wildman–Crippen LogP) is 2.11. The van der Waals surface area contributed by atoms with Gasteiger partial charge in [0.05, 0.1) is 0 Å². The van der Waals surface area contributed by atoms with Crippen LogP contribution in [-0.4, -0.2) is 24.4 Å². The van der Waals surface area contributed by atoms with E-state index in [1.54, 1.807) is 29.6 Å². The van der Waals surface area contributed by atoms with E-state index < -0.39 is 12.1 Å². The van der Waals surface area contributed by atoms with E-state index in [0.717, 1.165) is 5.56 Å². The van der Waals surface area contributed by atoms with Crippen molar-refractivity contribution in [1.29, 1.82) is 0 Å². The molecule has 0 radical (unpaired) electrons. The fourth-order valence-electron chi connectivity index (χ4n) is 1.33. The molecule has 0 unspecified atom stereocenters. The molecule has 1 rings (SSSR count). The first-order valence-electron chi connectivity index (χ1n) is 5.25. The second-order valence-corrected chi connectivity index (χ2v) is 3.76. The Morgan fingerprint density at radius 1 is 1.17 bits per heavy atom. The molecule has 0 aliphatic rings. The maximum Gasteiger partial charge on any atom is 0.471 e. The molecule has 0 bridgehead atoms.